The van der Waals surface area contributed by atoms with Crippen LogP contribution < -0.4 is 4.72 Å². The number of benzene rings is 1. The quantitative estimate of drug-likeness (QED) is 0.539. The fourth-order valence-corrected chi connectivity index (χ4v) is 7.22. The zero-order valence-corrected chi connectivity index (χ0v) is 18.9. The molecule has 2 bridgehead atoms. The molecule has 176 valence electrons. The standard InChI is InChI=1S/C22H27F3N2O4S/c1-3-31-20(28)14(2)8-15-4-5-16-10-18-6-7-19(11-17(16)9-15)21(18)12-27(13-22(23,24)25)32(29,30)26-21/h4-5,8-9,18-19,26H,3,6-7,10-13H2,1-2H3/b14-8+/t18-,19+,21+/m0/s1. The van der Waals surface area contributed by atoms with Crippen LogP contribution in [0, 0.1) is 11.8 Å². The Hall–Kier alpha value is -1.91. The minimum atomic E-state index is -4.59. The third-order valence-electron chi connectivity index (χ3n) is 6.92. The average molecular weight is 473 g/mol. The van der Waals surface area contributed by atoms with Gasteiger partial charge in [-0.25, -0.2) is 4.79 Å². The van der Waals surface area contributed by atoms with Crippen LogP contribution in [0.25, 0.3) is 6.08 Å². The molecule has 3 atom stereocenters. The monoisotopic (exact) mass is 472 g/mol. The zero-order chi connectivity index (χ0) is 23.3. The van der Waals surface area contributed by atoms with Crippen LogP contribution in [-0.4, -0.2) is 50.1 Å². The number of alkyl halides is 3. The van der Waals surface area contributed by atoms with Gasteiger partial charge in [-0.15, -0.1) is 0 Å². The Labute approximate surface area is 186 Å². The normalized spacial score (nSPS) is 29.7. The summed E-state index contributed by atoms with van der Waals surface area (Å²) < 4.78 is 72.3. The zero-order valence-electron chi connectivity index (χ0n) is 18.0. The second-order valence-corrected chi connectivity index (χ2v) is 10.7. The number of ether oxygens (including phenoxy) is 1. The van der Waals surface area contributed by atoms with Crippen LogP contribution in [0.4, 0.5) is 13.2 Å². The Kier molecular flexibility index (Phi) is 5.92. The molecule has 0 amide bonds. The van der Waals surface area contributed by atoms with E-state index < -0.39 is 28.5 Å². The van der Waals surface area contributed by atoms with Crippen LogP contribution in [0.3, 0.4) is 0 Å². The van der Waals surface area contributed by atoms with Crippen molar-refractivity contribution in [3.63, 3.8) is 0 Å². The van der Waals surface area contributed by atoms with E-state index in [1.165, 1.54) is 0 Å². The molecular formula is C22H27F3N2O4S. The summed E-state index contributed by atoms with van der Waals surface area (Å²) in [6, 6.07) is 5.87. The Morgan fingerprint density at radius 3 is 2.53 bits per heavy atom. The average Bonchev–Trinajstić information content (AvgIpc) is 3.06. The molecule has 3 aliphatic rings. The molecular weight excluding hydrogens is 445 g/mol. The van der Waals surface area contributed by atoms with Crippen molar-refractivity contribution in [2.45, 2.75) is 51.2 Å². The Morgan fingerprint density at radius 2 is 1.91 bits per heavy atom. The number of nitrogens with zero attached hydrogens (tertiary/aromatic N) is 1. The van der Waals surface area contributed by atoms with E-state index in [4.69, 9.17) is 4.74 Å². The van der Waals surface area contributed by atoms with Gasteiger partial charge in [-0.2, -0.15) is 30.6 Å². The van der Waals surface area contributed by atoms with Gasteiger partial charge in [0.05, 0.1) is 12.1 Å². The van der Waals surface area contributed by atoms with Crippen LogP contribution in [0.5, 0.6) is 0 Å². The highest BCUT2D eigenvalue weighted by Crippen LogP contribution is 2.50. The summed E-state index contributed by atoms with van der Waals surface area (Å²) in [5.74, 6) is -0.540. The highest BCUT2D eigenvalue weighted by molar-refractivity contribution is 7.87. The number of rotatable bonds is 4. The molecule has 1 aliphatic heterocycles. The topological polar surface area (TPSA) is 75.7 Å². The minimum absolute atomic E-state index is 0.0654. The lowest BCUT2D eigenvalue weighted by atomic mass is 9.79. The third kappa shape index (κ3) is 4.32. The van der Waals surface area contributed by atoms with E-state index in [0.717, 1.165) is 29.5 Å². The Bertz CT molecular complexity index is 1050. The number of esters is 1. The predicted octanol–water partition coefficient (Wildman–Crippen LogP) is 3.23. The van der Waals surface area contributed by atoms with Crippen LogP contribution in [0.1, 0.15) is 43.4 Å². The molecule has 1 aromatic rings. The van der Waals surface area contributed by atoms with Gasteiger partial charge in [0.2, 0.25) is 0 Å². The number of halogens is 3. The van der Waals surface area contributed by atoms with Crippen LogP contribution in [0.15, 0.2) is 23.8 Å². The summed E-state index contributed by atoms with van der Waals surface area (Å²) in [5, 5.41) is 0. The molecule has 1 spiro atoms. The van der Waals surface area contributed by atoms with Gasteiger partial charge >= 0.3 is 12.1 Å². The summed E-state index contributed by atoms with van der Waals surface area (Å²) in [6.07, 6.45) is -0.126. The highest BCUT2D eigenvalue weighted by atomic mass is 32.2. The molecule has 1 saturated carbocycles. The van der Waals surface area contributed by atoms with Gasteiger partial charge in [0.15, 0.2) is 0 Å². The highest BCUT2D eigenvalue weighted by Gasteiger charge is 2.60. The first-order chi connectivity index (χ1) is 14.9. The van der Waals surface area contributed by atoms with E-state index in [2.05, 4.69) is 4.72 Å². The van der Waals surface area contributed by atoms with E-state index in [0.29, 0.717) is 29.3 Å². The van der Waals surface area contributed by atoms with Crippen molar-refractivity contribution in [1.82, 2.24) is 9.03 Å². The van der Waals surface area contributed by atoms with Crippen molar-refractivity contribution >= 4 is 22.3 Å². The number of fused-ring (bicyclic) bond motifs is 1. The van der Waals surface area contributed by atoms with E-state index in [1.807, 2.05) is 18.2 Å². The molecule has 0 aromatic heterocycles. The molecule has 1 heterocycles. The first kappa shape index (κ1) is 23.3. The SMILES string of the molecule is CCOC(=O)/C(C)=C/c1ccc2c(c1)C[C@H]1CC[C@@H](C2)[C@]12CN(CC(F)(F)F)S(=O)(=O)N2. The fourth-order valence-electron chi connectivity index (χ4n) is 5.51. The van der Waals surface area contributed by atoms with Crippen LogP contribution in [-0.2, 0) is 32.6 Å². The van der Waals surface area contributed by atoms with Crippen LogP contribution in [0.2, 0.25) is 0 Å². The maximum absolute atomic E-state index is 13.0. The molecule has 32 heavy (non-hydrogen) atoms. The lowest BCUT2D eigenvalue weighted by Crippen LogP contribution is -2.52. The molecule has 0 unspecified atom stereocenters. The number of hydrogen-bond acceptors (Lipinski definition) is 4. The van der Waals surface area contributed by atoms with Crippen molar-refractivity contribution in [2.75, 3.05) is 19.7 Å². The van der Waals surface area contributed by atoms with Gasteiger partial charge in [0, 0.05) is 12.1 Å². The van der Waals surface area contributed by atoms with Crippen molar-refractivity contribution in [1.29, 1.82) is 0 Å². The van der Waals surface area contributed by atoms with E-state index in [9.17, 15) is 26.4 Å². The number of hydrogen-bond donors (Lipinski definition) is 1. The van der Waals surface area contributed by atoms with E-state index in [-0.39, 0.29) is 24.3 Å². The Balaban J connectivity index is 1.62. The molecule has 10 heteroatoms. The van der Waals surface area contributed by atoms with Gasteiger partial charge in [0.25, 0.3) is 10.2 Å². The summed E-state index contributed by atoms with van der Waals surface area (Å²) in [7, 11) is -4.19. The molecule has 1 N–H and O–H groups in total. The predicted molar refractivity (Wildman–Crippen MR) is 113 cm³/mol. The van der Waals surface area contributed by atoms with Gasteiger partial charge in [-0.3, -0.25) is 0 Å². The molecule has 2 fully saturated rings. The molecule has 0 radical (unpaired) electrons. The maximum Gasteiger partial charge on any atom is 0.402 e. The largest absolute Gasteiger partial charge is 0.463 e. The fraction of sp³-hybridized carbons (Fsp3) is 0.591. The van der Waals surface area contributed by atoms with E-state index >= 15 is 0 Å². The maximum atomic E-state index is 13.0. The summed E-state index contributed by atoms with van der Waals surface area (Å²) >= 11 is 0. The minimum Gasteiger partial charge on any atom is -0.463 e. The van der Waals surface area contributed by atoms with Gasteiger partial charge in [0.1, 0.15) is 6.54 Å². The van der Waals surface area contributed by atoms with Crippen molar-refractivity contribution < 1.29 is 31.1 Å². The Morgan fingerprint density at radius 1 is 1.25 bits per heavy atom. The number of nitrogens with one attached hydrogen (secondary N) is 1. The molecule has 1 saturated heterocycles. The third-order valence-corrected chi connectivity index (χ3v) is 8.49. The molecule has 6 nitrogen and oxygen atoms in total. The lowest BCUT2D eigenvalue weighted by molar-refractivity contribution is -0.138. The van der Waals surface area contributed by atoms with Crippen molar-refractivity contribution in [2.24, 2.45) is 11.8 Å². The molecule has 4 rings (SSSR count). The summed E-state index contributed by atoms with van der Waals surface area (Å²) in [5.41, 5.74) is 2.56. The van der Waals surface area contributed by atoms with Crippen LogP contribution >= 0.6 is 0 Å². The smallest absolute Gasteiger partial charge is 0.402 e. The second-order valence-electron chi connectivity index (χ2n) is 8.99. The van der Waals surface area contributed by atoms with Crippen molar-refractivity contribution in [3.8, 4) is 0 Å². The summed E-state index contributed by atoms with van der Waals surface area (Å²) in [6.45, 7) is 2.08. The first-order valence-corrected chi connectivity index (χ1v) is 12.2. The van der Waals surface area contributed by atoms with Gasteiger partial charge in [-0.1, -0.05) is 18.2 Å². The molecule has 1 aromatic carbocycles. The van der Waals surface area contributed by atoms with Gasteiger partial charge < -0.3 is 4.74 Å². The lowest BCUT2D eigenvalue weighted by Gasteiger charge is -2.33. The number of carbonyl (C=O) groups excluding carboxylic acids is 1. The summed E-state index contributed by atoms with van der Waals surface area (Å²) in [4.78, 5) is 11.9. The second kappa shape index (κ2) is 8.14. The van der Waals surface area contributed by atoms with E-state index in [1.54, 1.807) is 19.9 Å². The first-order valence-electron chi connectivity index (χ1n) is 10.8. The van der Waals surface area contributed by atoms with Gasteiger partial charge in [-0.05, 0) is 74.1 Å². The number of carbonyl (C=O) groups is 1. The molecule has 2 aliphatic carbocycles. The van der Waals surface area contributed by atoms with Crippen molar-refractivity contribution in [3.05, 3.63) is 40.5 Å².